The quantitative estimate of drug-likeness (QED) is 0.0195. The second-order valence-electron chi connectivity index (χ2n) is 20.6. The maximum Gasteiger partial charge on any atom is 0.306 e. The zero-order valence-electron chi connectivity index (χ0n) is 51.6. The summed E-state index contributed by atoms with van der Waals surface area (Å²) in [5.41, 5.74) is 0. The Balaban J connectivity index is 4.27. The fourth-order valence-corrected chi connectivity index (χ4v) is 7.87. The summed E-state index contributed by atoms with van der Waals surface area (Å²) in [5, 5.41) is 0. The molecule has 2 atom stereocenters. The number of nitrogens with zero attached hydrogens (tertiary/aromatic N) is 1. The van der Waals surface area contributed by atoms with Crippen molar-refractivity contribution in [1.82, 2.24) is 0 Å². The van der Waals surface area contributed by atoms with Gasteiger partial charge in [0.2, 0.25) is 0 Å². The molecule has 456 valence electrons. The number of hydrogen-bond donors (Lipinski definition) is 0. The van der Waals surface area contributed by atoms with Gasteiger partial charge in [-0.1, -0.05) is 233 Å². The van der Waals surface area contributed by atoms with Gasteiger partial charge >= 0.3 is 11.9 Å². The van der Waals surface area contributed by atoms with E-state index in [-0.39, 0.29) is 26.1 Å². The highest BCUT2D eigenvalue weighted by Gasteiger charge is 2.21. The Labute approximate surface area is 500 Å². The highest BCUT2D eigenvalue weighted by Crippen LogP contribution is 2.38. The van der Waals surface area contributed by atoms with E-state index in [1.165, 1.54) is 0 Å². The summed E-state index contributed by atoms with van der Waals surface area (Å²) in [4.78, 5) is 37.8. The van der Waals surface area contributed by atoms with Crippen LogP contribution in [0.5, 0.6) is 0 Å². The Bertz CT molecular complexity index is 2130. The van der Waals surface area contributed by atoms with Crippen molar-refractivity contribution in [1.29, 1.82) is 0 Å². The number of carbonyl (C=O) groups is 2. The molecular weight excluding hydrogens is 1040 g/mol. The Hall–Kier alpha value is -5.41. The van der Waals surface area contributed by atoms with Crippen LogP contribution in [-0.4, -0.2) is 70.0 Å². The van der Waals surface area contributed by atoms with Gasteiger partial charge < -0.3 is 27.9 Å². The molecule has 0 bridgehead atoms. The van der Waals surface area contributed by atoms with Crippen LogP contribution < -0.4 is 4.89 Å². The molecule has 0 radical (unpaired) electrons. The van der Waals surface area contributed by atoms with E-state index >= 15 is 0 Å². The predicted octanol–water partition coefficient (Wildman–Crippen LogP) is 19.3. The van der Waals surface area contributed by atoms with Crippen molar-refractivity contribution in [2.45, 2.75) is 187 Å². The largest absolute Gasteiger partial charge is 0.756 e. The standard InChI is InChI=1S/C72H110NO8P/c1-6-8-10-12-14-16-18-20-22-24-25-26-27-28-29-30-31-32-33-34-35-36-37-38-39-40-41-42-43-44-45-46-47-49-51-53-55-57-59-61-63-65-72(75)81-70(69-80-82(76,77)79-67-66-73(3,4)5)68-78-71(74)64-62-60-58-56-54-52-50-48-23-21-19-17-15-13-11-9-7-2/h8-11,14-17,20-23,25-26,28-29,31-32,34-35,37-38,40-41,43-44,46-47,50-53,56,58,70H,6-7,12-13,18-19,24,27,30,33,36,39,42,45,48-49,54-55,57,59-69H2,1-5H3/b10-8-,11-9-,16-14-,17-15-,22-20-,23-21-,26-25-,29-28-,32-31-,35-34-,38-37-,41-40-,44-43-,47-46-,52-50-,53-51-,58-56-. The van der Waals surface area contributed by atoms with Gasteiger partial charge in [0.15, 0.2) is 6.10 Å². The molecule has 2 unspecified atom stereocenters. The second-order valence-corrected chi connectivity index (χ2v) is 22.0. The van der Waals surface area contributed by atoms with Crippen LogP contribution in [0.2, 0.25) is 0 Å². The minimum atomic E-state index is -4.67. The minimum Gasteiger partial charge on any atom is -0.756 e. The Kier molecular flexibility index (Phi) is 56.2. The first-order chi connectivity index (χ1) is 40.0. The molecule has 0 aliphatic carbocycles. The van der Waals surface area contributed by atoms with Gasteiger partial charge in [0.1, 0.15) is 19.8 Å². The molecule has 0 amide bonds. The molecule has 0 saturated heterocycles. The predicted molar refractivity (Wildman–Crippen MR) is 350 cm³/mol. The van der Waals surface area contributed by atoms with E-state index in [2.05, 4.69) is 214 Å². The molecular formula is C72H110NO8P. The van der Waals surface area contributed by atoms with Crippen LogP contribution in [0.15, 0.2) is 207 Å². The maximum atomic E-state index is 12.8. The lowest BCUT2D eigenvalue weighted by Crippen LogP contribution is -2.37. The Morgan fingerprint density at radius 2 is 0.671 bits per heavy atom. The van der Waals surface area contributed by atoms with Crippen molar-refractivity contribution in [2.24, 2.45) is 0 Å². The molecule has 0 aliphatic heterocycles. The lowest BCUT2D eigenvalue weighted by molar-refractivity contribution is -0.870. The Morgan fingerprint density at radius 1 is 0.378 bits per heavy atom. The van der Waals surface area contributed by atoms with E-state index in [4.69, 9.17) is 18.5 Å². The zero-order chi connectivity index (χ0) is 59.8. The molecule has 82 heavy (non-hydrogen) atoms. The summed E-state index contributed by atoms with van der Waals surface area (Å²) in [6.07, 6.45) is 96.1. The first-order valence-electron chi connectivity index (χ1n) is 30.8. The van der Waals surface area contributed by atoms with E-state index in [9.17, 15) is 19.0 Å². The highest BCUT2D eigenvalue weighted by molar-refractivity contribution is 7.45. The van der Waals surface area contributed by atoms with Crippen LogP contribution in [0.1, 0.15) is 181 Å². The van der Waals surface area contributed by atoms with E-state index in [1.807, 2.05) is 27.2 Å². The van der Waals surface area contributed by atoms with Crippen molar-refractivity contribution in [2.75, 3.05) is 47.5 Å². The third-order valence-corrected chi connectivity index (χ3v) is 12.8. The number of phosphoric ester groups is 1. The van der Waals surface area contributed by atoms with Gasteiger partial charge in [0, 0.05) is 12.8 Å². The molecule has 0 fully saturated rings. The van der Waals surface area contributed by atoms with E-state index in [0.717, 1.165) is 135 Å². The molecule has 0 aromatic heterocycles. The second kappa shape index (κ2) is 60.2. The molecule has 9 nitrogen and oxygen atoms in total. The normalized spacial score (nSPS) is 14.7. The lowest BCUT2D eigenvalue weighted by Gasteiger charge is -2.28. The smallest absolute Gasteiger partial charge is 0.306 e. The summed E-state index contributed by atoms with van der Waals surface area (Å²) in [6, 6.07) is 0. The molecule has 0 N–H and O–H groups in total. The van der Waals surface area contributed by atoms with Crippen molar-refractivity contribution >= 4 is 19.8 Å². The molecule has 0 aromatic rings. The molecule has 10 heteroatoms. The van der Waals surface area contributed by atoms with Gasteiger partial charge in [-0.2, -0.15) is 0 Å². The number of allylic oxidation sites excluding steroid dienone is 34. The average molecular weight is 1150 g/mol. The number of rotatable bonds is 53. The summed E-state index contributed by atoms with van der Waals surface area (Å²) in [5.74, 6) is -0.952. The Morgan fingerprint density at radius 3 is 1.00 bits per heavy atom. The summed E-state index contributed by atoms with van der Waals surface area (Å²) in [6.45, 7) is 3.87. The van der Waals surface area contributed by atoms with Gasteiger partial charge in [-0.05, 0) is 141 Å². The van der Waals surface area contributed by atoms with Gasteiger partial charge in [-0.15, -0.1) is 0 Å². The summed E-state index contributed by atoms with van der Waals surface area (Å²) < 4.78 is 34.0. The van der Waals surface area contributed by atoms with E-state index in [0.29, 0.717) is 30.3 Å². The monoisotopic (exact) mass is 1150 g/mol. The number of phosphoric acid groups is 1. The fraction of sp³-hybridized carbons (Fsp3) is 0.500. The van der Waals surface area contributed by atoms with Crippen molar-refractivity contribution in [3.63, 3.8) is 0 Å². The van der Waals surface area contributed by atoms with Crippen LogP contribution in [0, 0.1) is 0 Å². The summed E-state index contributed by atoms with van der Waals surface area (Å²) >= 11 is 0. The number of carbonyl (C=O) groups excluding carboxylic acids is 2. The van der Waals surface area contributed by atoms with Crippen molar-refractivity contribution in [3.05, 3.63) is 207 Å². The van der Waals surface area contributed by atoms with Crippen LogP contribution in [0.4, 0.5) is 0 Å². The number of esters is 2. The third-order valence-electron chi connectivity index (χ3n) is 11.8. The number of quaternary nitrogens is 1. The van der Waals surface area contributed by atoms with Crippen LogP contribution in [-0.2, 0) is 32.7 Å². The van der Waals surface area contributed by atoms with Gasteiger partial charge in [0.05, 0.1) is 27.7 Å². The minimum absolute atomic E-state index is 0.0573. The number of hydrogen-bond acceptors (Lipinski definition) is 8. The van der Waals surface area contributed by atoms with Crippen LogP contribution in [0.3, 0.4) is 0 Å². The van der Waals surface area contributed by atoms with E-state index in [1.54, 1.807) is 0 Å². The summed E-state index contributed by atoms with van der Waals surface area (Å²) in [7, 11) is 1.08. The third kappa shape index (κ3) is 63.8. The highest BCUT2D eigenvalue weighted by atomic mass is 31.2. The zero-order valence-corrected chi connectivity index (χ0v) is 52.5. The number of ether oxygens (including phenoxy) is 2. The molecule has 0 saturated carbocycles. The van der Waals surface area contributed by atoms with Gasteiger partial charge in [-0.25, -0.2) is 0 Å². The first kappa shape index (κ1) is 76.6. The van der Waals surface area contributed by atoms with Gasteiger partial charge in [-0.3, -0.25) is 14.2 Å². The topological polar surface area (TPSA) is 111 Å². The van der Waals surface area contributed by atoms with Gasteiger partial charge in [0.25, 0.3) is 7.82 Å². The van der Waals surface area contributed by atoms with E-state index < -0.39 is 32.5 Å². The SMILES string of the molecule is CC/C=C\C/C=C\C/C=C\C/C=C\C/C=C\C/C=C\C/C=C\C/C=C\C/C=C\C/C=C\C/C=C\C/C=C\CCCCCCC(=O)OC(COC(=O)CCC/C=C\C/C=C\C/C=C\C/C=C\C/C=C\CC)COP(=O)([O-])OCC[N+](C)(C)C. The molecule has 0 aromatic carbocycles. The van der Waals surface area contributed by atoms with Crippen molar-refractivity contribution < 1.29 is 42.1 Å². The molecule has 0 spiro atoms. The van der Waals surface area contributed by atoms with Crippen LogP contribution >= 0.6 is 7.82 Å². The number of unbranched alkanes of at least 4 members (excludes halogenated alkanes) is 5. The van der Waals surface area contributed by atoms with Crippen molar-refractivity contribution in [3.8, 4) is 0 Å². The van der Waals surface area contributed by atoms with Crippen LogP contribution in [0.25, 0.3) is 0 Å². The maximum absolute atomic E-state index is 12.8. The molecule has 0 heterocycles. The fourth-order valence-electron chi connectivity index (χ4n) is 7.14. The number of likely N-dealkylation sites (N-methyl/N-ethyl adjacent to an activating group) is 1. The first-order valence-corrected chi connectivity index (χ1v) is 32.3. The molecule has 0 aliphatic rings. The lowest BCUT2D eigenvalue weighted by atomic mass is 10.1. The molecule has 0 rings (SSSR count). The average Bonchev–Trinajstić information content (AvgIpc) is 3.45.